The zero-order valence-electron chi connectivity index (χ0n) is 10.5. The van der Waals surface area contributed by atoms with Crippen LogP contribution in [0.1, 0.15) is 24.1 Å². The van der Waals surface area contributed by atoms with Gasteiger partial charge in [-0.1, -0.05) is 56.1 Å². The summed E-state index contributed by atoms with van der Waals surface area (Å²) >= 11 is 6.78. The van der Waals surface area contributed by atoms with Gasteiger partial charge in [0, 0.05) is 27.1 Å². The lowest BCUT2D eigenvalue weighted by Crippen LogP contribution is -2.19. The van der Waals surface area contributed by atoms with Gasteiger partial charge in [0.15, 0.2) is 0 Å². The van der Waals surface area contributed by atoms with E-state index < -0.39 is 0 Å². The summed E-state index contributed by atoms with van der Waals surface area (Å²) in [5.41, 5.74) is 1.84. The molecule has 0 aromatic heterocycles. The first-order valence-corrected chi connectivity index (χ1v) is 7.58. The van der Waals surface area contributed by atoms with Gasteiger partial charge in [-0.25, -0.2) is 4.39 Å². The van der Waals surface area contributed by atoms with E-state index in [1.807, 2.05) is 24.3 Å². The van der Waals surface area contributed by atoms with Crippen molar-refractivity contribution < 1.29 is 4.39 Å². The maximum absolute atomic E-state index is 13.7. The molecule has 0 saturated carbocycles. The van der Waals surface area contributed by atoms with Gasteiger partial charge in [0.2, 0.25) is 0 Å². The van der Waals surface area contributed by atoms with Gasteiger partial charge in [-0.3, -0.25) is 0 Å². The van der Waals surface area contributed by atoms with Crippen molar-refractivity contribution in [2.45, 2.75) is 19.5 Å². The zero-order valence-corrected chi connectivity index (χ0v) is 13.6. The molecule has 100 valence electrons. The first-order chi connectivity index (χ1) is 9.08. The van der Waals surface area contributed by atoms with Crippen LogP contribution in [0, 0.1) is 5.82 Å². The second-order valence-corrected chi connectivity index (χ2v) is 6.13. The Balaban J connectivity index is 2.04. The van der Waals surface area contributed by atoms with Crippen LogP contribution in [0.25, 0.3) is 0 Å². The first-order valence-electron chi connectivity index (χ1n) is 5.99. The minimum absolute atomic E-state index is 0.152. The second kappa shape index (κ2) is 6.64. The lowest BCUT2D eigenvalue weighted by molar-refractivity contribution is 0.543. The molecule has 0 aliphatic heterocycles. The van der Waals surface area contributed by atoms with Crippen molar-refractivity contribution in [3.05, 3.63) is 68.4 Å². The first kappa shape index (κ1) is 14.7. The molecule has 19 heavy (non-hydrogen) atoms. The summed E-state index contributed by atoms with van der Waals surface area (Å²) in [6.45, 7) is 2.57. The van der Waals surface area contributed by atoms with E-state index in [2.05, 4.69) is 50.2 Å². The fourth-order valence-electron chi connectivity index (χ4n) is 1.86. The van der Waals surface area contributed by atoms with Crippen molar-refractivity contribution >= 4 is 31.9 Å². The van der Waals surface area contributed by atoms with Crippen LogP contribution in [-0.2, 0) is 6.54 Å². The fourth-order valence-corrected chi connectivity index (χ4v) is 2.83. The number of halogens is 3. The Morgan fingerprint density at radius 2 is 1.89 bits per heavy atom. The van der Waals surface area contributed by atoms with E-state index in [9.17, 15) is 4.39 Å². The lowest BCUT2D eigenvalue weighted by atomic mass is 10.1. The fraction of sp³-hybridized carbons (Fsp3) is 0.200. The van der Waals surface area contributed by atoms with Gasteiger partial charge < -0.3 is 5.32 Å². The molecule has 2 aromatic rings. The molecule has 0 aliphatic carbocycles. The average Bonchev–Trinajstić information content (AvgIpc) is 2.38. The monoisotopic (exact) mass is 385 g/mol. The quantitative estimate of drug-likeness (QED) is 0.761. The number of rotatable bonds is 4. The van der Waals surface area contributed by atoms with Crippen molar-refractivity contribution in [3.63, 3.8) is 0 Å². The van der Waals surface area contributed by atoms with Crippen molar-refractivity contribution in [3.8, 4) is 0 Å². The molecule has 0 unspecified atom stereocenters. The highest BCUT2D eigenvalue weighted by Gasteiger charge is 2.09. The second-order valence-electron chi connectivity index (χ2n) is 4.36. The van der Waals surface area contributed by atoms with Crippen molar-refractivity contribution in [2.75, 3.05) is 0 Å². The average molecular weight is 387 g/mol. The maximum atomic E-state index is 13.7. The topological polar surface area (TPSA) is 12.0 Å². The van der Waals surface area contributed by atoms with Crippen LogP contribution < -0.4 is 5.32 Å². The molecule has 0 heterocycles. The van der Waals surface area contributed by atoms with E-state index in [0.29, 0.717) is 12.1 Å². The Kier molecular flexibility index (Phi) is 5.13. The molecule has 0 aliphatic rings. The summed E-state index contributed by atoms with van der Waals surface area (Å²) in [6.07, 6.45) is 0. The highest BCUT2D eigenvalue weighted by molar-refractivity contribution is 9.10. The van der Waals surface area contributed by atoms with Crippen LogP contribution in [0.3, 0.4) is 0 Å². The minimum atomic E-state index is -0.193. The van der Waals surface area contributed by atoms with Crippen LogP contribution in [0.2, 0.25) is 0 Å². The van der Waals surface area contributed by atoms with E-state index in [1.54, 1.807) is 6.07 Å². The number of hydrogen-bond acceptors (Lipinski definition) is 1. The smallest absolute Gasteiger partial charge is 0.128 e. The Labute approximate surface area is 129 Å². The number of benzene rings is 2. The molecule has 0 fully saturated rings. The molecule has 0 spiro atoms. The zero-order chi connectivity index (χ0) is 13.8. The molecule has 1 N–H and O–H groups in total. The standard InChI is InChI=1S/C15H14Br2FN/c1-10(13-4-2-3-5-14(13)17)19-9-11-6-7-12(16)8-15(11)18/h2-8,10,19H,9H2,1H3/t10-/m1/s1. The Morgan fingerprint density at radius 3 is 2.58 bits per heavy atom. The van der Waals surface area contributed by atoms with Crippen molar-refractivity contribution in [2.24, 2.45) is 0 Å². The molecule has 2 aromatic carbocycles. The van der Waals surface area contributed by atoms with Crippen molar-refractivity contribution in [1.82, 2.24) is 5.32 Å². The SMILES string of the molecule is C[C@@H](NCc1ccc(Br)cc1F)c1ccccc1Br. The van der Waals surface area contributed by atoms with Crippen LogP contribution >= 0.6 is 31.9 Å². The van der Waals surface area contributed by atoms with Gasteiger partial charge in [0.05, 0.1) is 0 Å². The van der Waals surface area contributed by atoms with E-state index >= 15 is 0 Å². The predicted octanol–water partition coefficient (Wildman–Crippen LogP) is 5.20. The summed E-state index contributed by atoms with van der Waals surface area (Å²) in [5, 5.41) is 3.33. The highest BCUT2D eigenvalue weighted by atomic mass is 79.9. The third kappa shape index (κ3) is 3.88. The summed E-state index contributed by atoms with van der Waals surface area (Å²) in [7, 11) is 0. The summed E-state index contributed by atoms with van der Waals surface area (Å²) in [4.78, 5) is 0. The van der Waals surface area contributed by atoms with Crippen LogP contribution in [0.4, 0.5) is 4.39 Å². The van der Waals surface area contributed by atoms with Gasteiger partial charge >= 0.3 is 0 Å². The van der Waals surface area contributed by atoms with E-state index in [4.69, 9.17) is 0 Å². The predicted molar refractivity (Wildman–Crippen MR) is 83.5 cm³/mol. The largest absolute Gasteiger partial charge is 0.306 e. The van der Waals surface area contributed by atoms with Crippen LogP contribution in [-0.4, -0.2) is 0 Å². The molecule has 2 rings (SSSR count). The third-order valence-electron chi connectivity index (χ3n) is 2.99. The Bertz CT molecular complexity index is 572. The Hall–Kier alpha value is -0.710. The molecule has 0 saturated heterocycles. The van der Waals surface area contributed by atoms with E-state index in [0.717, 1.165) is 8.95 Å². The molecule has 4 heteroatoms. The Morgan fingerprint density at radius 1 is 1.16 bits per heavy atom. The molecule has 1 nitrogen and oxygen atoms in total. The van der Waals surface area contributed by atoms with E-state index in [-0.39, 0.29) is 11.9 Å². The minimum Gasteiger partial charge on any atom is -0.306 e. The summed E-state index contributed by atoms with van der Waals surface area (Å²) in [5.74, 6) is -0.193. The molecule has 1 atom stereocenters. The van der Waals surface area contributed by atoms with Crippen LogP contribution in [0.15, 0.2) is 51.4 Å². The molecular formula is C15H14Br2FN. The van der Waals surface area contributed by atoms with Gasteiger partial charge in [0.25, 0.3) is 0 Å². The summed E-state index contributed by atoms with van der Waals surface area (Å²) in [6, 6.07) is 13.3. The molecular weight excluding hydrogens is 373 g/mol. The van der Waals surface area contributed by atoms with Crippen molar-refractivity contribution in [1.29, 1.82) is 0 Å². The number of hydrogen-bond donors (Lipinski definition) is 1. The van der Waals surface area contributed by atoms with Gasteiger partial charge in [-0.05, 0) is 30.7 Å². The van der Waals surface area contributed by atoms with Crippen LogP contribution in [0.5, 0.6) is 0 Å². The van der Waals surface area contributed by atoms with Gasteiger partial charge in [0.1, 0.15) is 5.82 Å². The molecule has 0 bridgehead atoms. The molecule has 0 amide bonds. The summed E-state index contributed by atoms with van der Waals surface area (Å²) < 4.78 is 15.5. The van der Waals surface area contributed by atoms with Gasteiger partial charge in [-0.2, -0.15) is 0 Å². The van der Waals surface area contributed by atoms with Gasteiger partial charge in [-0.15, -0.1) is 0 Å². The lowest BCUT2D eigenvalue weighted by Gasteiger charge is -2.16. The number of nitrogens with one attached hydrogen (secondary N) is 1. The highest BCUT2D eigenvalue weighted by Crippen LogP contribution is 2.23. The molecule has 0 radical (unpaired) electrons. The van der Waals surface area contributed by atoms with E-state index in [1.165, 1.54) is 11.6 Å². The third-order valence-corrected chi connectivity index (χ3v) is 4.20. The maximum Gasteiger partial charge on any atom is 0.128 e. The normalized spacial score (nSPS) is 12.4.